The number of carbonyl (C=O) groups excluding carboxylic acids is 4. The maximum Gasteiger partial charge on any atom is 0.705 e. The van der Waals surface area contributed by atoms with Crippen molar-refractivity contribution < 1.29 is 59.1 Å². The molecule has 0 unspecified atom stereocenters. The van der Waals surface area contributed by atoms with Crippen molar-refractivity contribution in [3.8, 4) is 5.75 Å². The van der Waals surface area contributed by atoms with Gasteiger partial charge in [0.15, 0.2) is 0 Å². The summed E-state index contributed by atoms with van der Waals surface area (Å²) < 4.78 is 86.4. The number of hydrogen-bond acceptors (Lipinski definition) is 8. The Morgan fingerprint density at radius 3 is 1.49 bits per heavy atom. The van der Waals surface area contributed by atoms with Crippen molar-refractivity contribution in [2.75, 3.05) is 6.54 Å². The SMILES string of the molecule is CCC(=O)O[Si](CCCCNC(=O)Oc1c(F)c(F)c(F)c(F)c1F)(OC(=O)CC)OC(=O)CC. The largest absolute Gasteiger partial charge is 0.705 e. The van der Waals surface area contributed by atoms with E-state index in [0.717, 1.165) is 0 Å². The van der Waals surface area contributed by atoms with Crippen LogP contribution >= 0.6 is 0 Å². The Hall–Kier alpha value is -3.23. The average molecular weight is 529 g/mol. The Balaban J connectivity index is 2.79. The van der Waals surface area contributed by atoms with Crippen molar-refractivity contribution in [2.45, 2.75) is 58.9 Å². The molecule has 0 aromatic heterocycles. The van der Waals surface area contributed by atoms with Crippen LogP contribution < -0.4 is 10.1 Å². The Bertz CT molecular complexity index is 887. The molecule has 35 heavy (non-hydrogen) atoms. The lowest BCUT2D eigenvalue weighted by molar-refractivity contribution is -0.150. The summed E-state index contributed by atoms with van der Waals surface area (Å²) in [5, 5.41) is 2.04. The highest BCUT2D eigenvalue weighted by Crippen LogP contribution is 2.29. The van der Waals surface area contributed by atoms with Crippen LogP contribution in [0.1, 0.15) is 52.9 Å². The number of rotatable bonds is 12. The highest BCUT2D eigenvalue weighted by atomic mass is 28.4. The van der Waals surface area contributed by atoms with Crippen molar-refractivity contribution in [1.82, 2.24) is 5.32 Å². The first-order valence-corrected chi connectivity index (χ1v) is 12.5. The van der Waals surface area contributed by atoms with E-state index in [0.29, 0.717) is 0 Å². The second-order valence-corrected chi connectivity index (χ2v) is 9.32. The molecule has 0 aliphatic heterocycles. The number of carbonyl (C=O) groups is 4. The number of unbranched alkanes of at least 4 members (excludes halogenated alkanes) is 1. The predicted octanol–water partition coefficient (Wildman–Crippen LogP) is 4.05. The van der Waals surface area contributed by atoms with Gasteiger partial charge in [-0.1, -0.05) is 20.8 Å². The van der Waals surface area contributed by atoms with Crippen LogP contribution in [0.2, 0.25) is 6.04 Å². The van der Waals surface area contributed by atoms with Gasteiger partial charge in [0.05, 0.1) is 6.04 Å². The van der Waals surface area contributed by atoms with Crippen LogP contribution in [0.4, 0.5) is 26.7 Å². The van der Waals surface area contributed by atoms with Crippen LogP contribution in [0.25, 0.3) is 0 Å². The molecule has 0 saturated heterocycles. The molecule has 0 heterocycles. The van der Waals surface area contributed by atoms with Crippen LogP contribution in [0.15, 0.2) is 0 Å². The Morgan fingerprint density at radius 2 is 1.09 bits per heavy atom. The Kier molecular flexibility index (Phi) is 11.6. The van der Waals surface area contributed by atoms with Crippen LogP contribution in [-0.2, 0) is 27.7 Å². The average Bonchev–Trinajstić information content (AvgIpc) is 2.83. The molecular formula is C20H24F5NO8Si. The van der Waals surface area contributed by atoms with Gasteiger partial charge in [0, 0.05) is 25.8 Å². The third-order valence-corrected chi connectivity index (χ3v) is 6.80. The van der Waals surface area contributed by atoms with E-state index in [2.05, 4.69) is 4.74 Å². The molecule has 1 aromatic rings. The van der Waals surface area contributed by atoms with Gasteiger partial charge in [-0.05, 0) is 12.8 Å². The molecule has 196 valence electrons. The first-order valence-electron chi connectivity index (χ1n) is 10.5. The minimum atomic E-state index is -4.13. The van der Waals surface area contributed by atoms with Gasteiger partial charge in [-0.2, -0.15) is 8.78 Å². The highest BCUT2D eigenvalue weighted by Gasteiger charge is 2.52. The molecule has 0 aliphatic carbocycles. The van der Waals surface area contributed by atoms with Crippen LogP contribution in [0, 0.1) is 29.1 Å². The maximum absolute atomic E-state index is 13.6. The number of ether oxygens (including phenoxy) is 1. The summed E-state index contributed by atoms with van der Waals surface area (Å²) in [5.74, 6) is -15.7. The lowest BCUT2D eigenvalue weighted by atomic mass is 10.2. The minimum Gasteiger partial charge on any atom is -0.455 e. The van der Waals surface area contributed by atoms with Crippen LogP contribution in [0.5, 0.6) is 5.75 Å². The van der Waals surface area contributed by atoms with Gasteiger partial charge in [-0.15, -0.1) is 0 Å². The topological polar surface area (TPSA) is 117 Å². The molecule has 1 amide bonds. The number of benzene rings is 1. The zero-order chi connectivity index (χ0) is 26.8. The molecule has 9 nitrogen and oxygen atoms in total. The normalized spacial score (nSPS) is 11.0. The van der Waals surface area contributed by atoms with Crippen molar-refractivity contribution in [3.05, 3.63) is 29.1 Å². The van der Waals surface area contributed by atoms with Gasteiger partial charge in [0.25, 0.3) is 17.9 Å². The Labute approximate surface area is 198 Å². The van der Waals surface area contributed by atoms with Crippen LogP contribution in [0.3, 0.4) is 0 Å². The van der Waals surface area contributed by atoms with Crippen molar-refractivity contribution in [3.63, 3.8) is 0 Å². The number of nitrogens with one attached hydrogen (secondary N) is 1. The third kappa shape index (κ3) is 8.49. The van der Waals surface area contributed by atoms with Gasteiger partial charge in [0.2, 0.25) is 34.8 Å². The van der Waals surface area contributed by atoms with E-state index >= 15 is 0 Å². The molecule has 15 heteroatoms. The predicted molar refractivity (Wildman–Crippen MR) is 109 cm³/mol. The van der Waals surface area contributed by atoms with Crippen LogP contribution in [-0.4, -0.2) is 39.4 Å². The first-order chi connectivity index (χ1) is 16.4. The van der Waals surface area contributed by atoms with Gasteiger partial charge >= 0.3 is 14.9 Å². The molecule has 0 saturated carbocycles. The monoisotopic (exact) mass is 529 g/mol. The van der Waals surface area contributed by atoms with Crippen molar-refractivity contribution in [1.29, 1.82) is 0 Å². The second kappa shape index (κ2) is 13.6. The summed E-state index contributed by atoms with van der Waals surface area (Å²) in [6, 6.07) is -0.190. The maximum atomic E-state index is 13.6. The van der Waals surface area contributed by atoms with E-state index in [-0.39, 0.29) is 44.7 Å². The third-order valence-electron chi connectivity index (χ3n) is 4.22. The van der Waals surface area contributed by atoms with Gasteiger partial charge < -0.3 is 23.3 Å². The molecule has 0 atom stereocenters. The zero-order valence-electron chi connectivity index (χ0n) is 19.1. The standard InChI is InChI=1S/C20H24F5NO8Si/c1-4-11(27)32-35(33-12(28)5-2,34-13(29)6-3)10-8-7-9-26-20(30)31-19-17(24)15(22)14(21)16(23)18(19)25/h4-10H2,1-3H3,(H,26,30). The molecule has 1 aromatic carbocycles. The number of hydrogen-bond donors (Lipinski definition) is 1. The first kappa shape index (κ1) is 29.8. The molecule has 0 fully saturated rings. The van der Waals surface area contributed by atoms with Gasteiger partial charge in [-0.3, -0.25) is 14.4 Å². The molecular weight excluding hydrogens is 505 g/mol. The van der Waals surface area contributed by atoms with E-state index in [9.17, 15) is 41.1 Å². The second-order valence-electron chi connectivity index (χ2n) is 6.84. The van der Waals surface area contributed by atoms with Gasteiger partial charge in [0.1, 0.15) is 0 Å². The number of amides is 1. The molecule has 1 N–H and O–H groups in total. The van der Waals surface area contributed by atoms with E-state index in [4.69, 9.17) is 13.3 Å². The fourth-order valence-electron chi connectivity index (χ4n) is 2.41. The quantitative estimate of drug-likeness (QED) is 0.142. The van der Waals surface area contributed by atoms with E-state index in [1.54, 1.807) is 0 Å². The van der Waals surface area contributed by atoms with E-state index in [1.807, 2.05) is 5.32 Å². The fourth-order valence-corrected chi connectivity index (χ4v) is 5.00. The Morgan fingerprint density at radius 1 is 0.686 bits per heavy atom. The van der Waals surface area contributed by atoms with Crippen molar-refractivity contribution >= 4 is 32.8 Å². The van der Waals surface area contributed by atoms with Gasteiger partial charge in [-0.25, -0.2) is 18.0 Å². The molecule has 1 rings (SSSR count). The molecule has 0 bridgehead atoms. The summed E-state index contributed by atoms with van der Waals surface area (Å²) in [6.45, 7) is 4.20. The van der Waals surface area contributed by atoms with E-state index in [1.165, 1.54) is 20.8 Å². The summed E-state index contributed by atoms with van der Waals surface area (Å²) in [7, 11) is -4.13. The summed E-state index contributed by atoms with van der Waals surface area (Å²) in [6.07, 6.45) is -1.64. The molecule has 0 radical (unpaired) electrons. The number of halogens is 5. The fraction of sp³-hybridized carbons (Fsp3) is 0.500. The lowest BCUT2D eigenvalue weighted by Gasteiger charge is -2.27. The minimum absolute atomic E-state index is 0.0674. The highest BCUT2D eigenvalue weighted by molar-refractivity contribution is 6.65. The molecule has 0 aliphatic rings. The summed E-state index contributed by atoms with van der Waals surface area (Å²) in [4.78, 5) is 47.3. The van der Waals surface area contributed by atoms with E-state index < -0.39 is 67.6 Å². The van der Waals surface area contributed by atoms with Crippen molar-refractivity contribution in [2.24, 2.45) is 0 Å². The summed E-state index contributed by atoms with van der Waals surface area (Å²) >= 11 is 0. The zero-order valence-corrected chi connectivity index (χ0v) is 20.1. The molecule has 0 spiro atoms. The smallest absolute Gasteiger partial charge is 0.455 e. The lowest BCUT2D eigenvalue weighted by Crippen LogP contribution is -2.50. The summed E-state index contributed by atoms with van der Waals surface area (Å²) in [5.41, 5.74) is 0.